The first-order valence-electron chi connectivity index (χ1n) is 5.13. The first-order chi connectivity index (χ1) is 7.23. The van der Waals surface area contributed by atoms with Gasteiger partial charge in [-0.05, 0) is 45.6 Å². The summed E-state index contributed by atoms with van der Waals surface area (Å²) in [5.74, 6) is 0. The van der Waals surface area contributed by atoms with Gasteiger partial charge in [-0.15, -0.1) is 0 Å². The van der Waals surface area contributed by atoms with Crippen molar-refractivity contribution in [3.63, 3.8) is 0 Å². The molecule has 1 rings (SSSR count). The third kappa shape index (κ3) is 3.11. The Hall–Kier alpha value is -0.280. The van der Waals surface area contributed by atoms with Crippen LogP contribution < -0.4 is 5.73 Å². The molecule has 0 spiro atoms. The van der Waals surface area contributed by atoms with Gasteiger partial charge in [-0.1, -0.05) is 29.3 Å². The molecule has 0 saturated heterocycles. The van der Waals surface area contributed by atoms with Crippen LogP contribution in [0.4, 0.5) is 0 Å². The summed E-state index contributed by atoms with van der Waals surface area (Å²) < 4.78 is 0. The summed E-state index contributed by atoms with van der Waals surface area (Å²) in [4.78, 5) is 2.06. The van der Waals surface area contributed by atoms with E-state index in [9.17, 15) is 0 Å². The zero-order chi connectivity index (χ0) is 12.5. The van der Waals surface area contributed by atoms with Gasteiger partial charge in [-0.3, -0.25) is 0 Å². The molecule has 0 fully saturated rings. The molecule has 0 aliphatic carbocycles. The molecule has 0 saturated carbocycles. The smallest absolute Gasteiger partial charge is 0.0532 e. The molecule has 0 radical (unpaired) electrons. The normalized spacial score (nSPS) is 14.2. The van der Waals surface area contributed by atoms with Crippen LogP contribution in [0.2, 0.25) is 10.0 Å². The Morgan fingerprint density at radius 2 is 1.81 bits per heavy atom. The molecule has 90 valence electrons. The predicted octanol–water partition coefficient (Wildman–Crippen LogP) is 3.33. The monoisotopic (exact) mass is 260 g/mol. The quantitative estimate of drug-likeness (QED) is 0.904. The topological polar surface area (TPSA) is 29.3 Å². The van der Waals surface area contributed by atoms with Gasteiger partial charge in [0, 0.05) is 15.6 Å². The molecule has 1 unspecified atom stereocenters. The van der Waals surface area contributed by atoms with Crippen molar-refractivity contribution in [2.75, 3.05) is 14.1 Å². The summed E-state index contributed by atoms with van der Waals surface area (Å²) in [6.45, 7) is 3.98. The molecular weight excluding hydrogens is 243 g/mol. The van der Waals surface area contributed by atoms with Gasteiger partial charge in [0.15, 0.2) is 0 Å². The van der Waals surface area contributed by atoms with E-state index in [1.807, 2.05) is 40.1 Å². The van der Waals surface area contributed by atoms with Crippen LogP contribution in [0.3, 0.4) is 0 Å². The molecule has 2 N–H and O–H groups in total. The lowest BCUT2D eigenvalue weighted by Crippen LogP contribution is -2.46. The van der Waals surface area contributed by atoms with Crippen molar-refractivity contribution < 1.29 is 0 Å². The van der Waals surface area contributed by atoms with E-state index in [0.717, 1.165) is 5.56 Å². The van der Waals surface area contributed by atoms with Gasteiger partial charge in [-0.25, -0.2) is 0 Å². The number of likely N-dealkylation sites (N-methyl/N-ethyl adjacent to an activating group) is 1. The van der Waals surface area contributed by atoms with Crippen molar-refractivity contribution in [1.82, 2.24) is 4.90 Å². The SMILES string of the molecule is CN(C)C(c1ccc(Cl)cc1Cl)C(C)(C)N. The maximum atomic E-state index is 6.21. The standard InChI is InChI=1S/C12H18Cl2N2/c1-12(2,15)11(16(3)4)9-6-5-8(13)7-10(9)14/h5-7,11H,15H2,1-4H3. The molecular formula is C12H18Cl2N2. The lowest BCUT2D eigenvalue weighted by atomic mass is 9.88. The van der Waals surface area contributed by atoms with E-state index in [1.165, 1.54) is 0 Å². The van der Waals surface area contributed by atoms with Crippen LogP contribution in [-0.2, 0) is 0 Å². The number of benzene rings is 1. The molecule has 0 amide bonds. The number of hydrogen-bond donors (Lipinski definition) is 1. The van der Waals surface area contributed by atoms with Crippen LogP contribution in [0.5, 0.6) is 0 Å². The van der Waals surface area contributed by atoms with Gasteiger partial charge in [0.05, 0.1) is 6.04 Å². The number of nitrogens with two attached hydrogens (primary N) is 1. The minimum absolute atomic E-state index is 0.0530. The highest BCUT2D eigenvalue weighted by atomic mass is 35.5. The fourth-order valence-electron chi connectivity index (χ4n) is 2.07. The highest BCUT2D eigenvalue weighted by Gasteiger charge is 2.30. The van der Waals surface area contributed by atoms with Crippen LogP contribution in [-0.4, -0.2) is 24.5 Å². The first kappa shape index (κ1) is 13.8. The third-order valence-corrected chi connectivity index (χ3v) is 3.04. The van der Waals surface area contributed by atoms with E-state index in [4.69, 9.17) is 28.9 Å². The van der Waals surface area contributed by atoms with Crippen molar-refractivity contribution in [3.05, 3.63) is 33.8 Å². The van der Waals surface area contributed by atoms with Crippen molar-refractivity contribution in [2.45, 2.75) is 25.4 Å². The lowest BCUT2D eigenvalue weighted by Gasteiger charge is -2.36. The number of hydrogen-bond acceptors (Lipinski definition) is 2. The average Bonchev–Trinajstić information content (AvgIpc) is 2.06. The van der Waals surface area contributed by atoms with Gasteiger partial charge in [0.2, 0.25) is 0 Å². The zero-order valence-corrected chi connectivity index (χ0v) is 11.6. The maximum absolute atomic E-state index is 6.21. The Morgan fingerprint density at radius 1 is 1.25 bits per heavy atom. The van der Waals surface area contributed by atoms with E-state index in [2.05, 4.69) is 4.90 Å². The minimum atomic E-state index is -0.374. The van der Waals surface area contributed by atoms with E-state index >= 15 is 0 Å². The van der Waals surface area contributed by atoms with Gasteiger partial charge in [0.1, 0.15) is 0 Å². The molecule has 1 atom stereocenters. The summed E-state index contributed by atoms with van der Waals surface area (Å²) in [6, 6.07) is 5.58. The van der Waals surface area contributed by atoms with Crippen molar-refractivity contribution >= 4 is 23.2 Å². The van der Waals surface area contributed by atoms with Crippen LogP contribution >= 0.6 is 23.2 Å². The minimum Gasteiger partial charge on any atom is -0.324 e. The van der Waals surface area contributed by atoms with Crippen molar-refractivity contribution in [2.24, 2.45) is 5.73 Å². The Labute approximate surface area is 107 Å². The molecule has 2 nitrogen and oxygen atoms in total. The van der Waals surface area contributed by atoms with Crippen LogP contribution in [0, 0.1) is 0 Å². The second-order valence-electron chi connectivity index (χ2n) is 4.85. The van der Waals surface area contributed by atoms with E-state index < -0.39 is 0 Å². The summed E-state index contributed by atoms with van der Waals surface area (Å²) in [5, 5.41) is 1.30. The van der Waals surface area contributed by atoms with Gasteiger partial charge in [0.25, 0.3) is 0 Å². The second-order valence-corrected chi connectivity index (χ2v) is 5.70. The highest BCUT2D eigenvalue weighted by Crippen LogP contribution is 2.34. The van der Waals surface area contributed by atoms with Gasteiger partial charge >= 0.3 is 0 Å². The molecule has 1 aromatic carbocycles. The Kier molecular flexibility index (Phi) is 4.24. The van der Waals surface area contributed by atoms with E-state index in [-0.39, 0.29) is 11.6 Å². The summed E-state index contributed by atoms with van der Waals surface area (Å²) in [7, 11) is 3.98. The fraction of sp³-hybridized carbons (Fsp3) is 0.500. The Morgan fingerprint density at radius 3 is 2.19 bits per heavy atom. The van der Waals surface area contributed by atoms with Crippen molar-refractivity contribution in [3.8, 4) is 0 Å². The number of halogens is 2. The Balaban J connectivity index is 3.22. The maximum Gasteiger partial charge on any atom is 0.0532 e. The molecule has 0 aliphatic rings. The van der Waals surface area contributed by atoms with Gasteiger partial charge in [-0.2, -0.15) is 0 Å². The highest BCUT2D eigenvalue weighted by molar-refractivity contribution is 6.35. The second kappa shape index (κ2) is 4.92. The molecule has 0 aliphatic heterocycles. The predicted molar refractivity (Wildman–Crippen MR) is 71.2 cm³/mol. The first-order valence-corrected chi connectivity index (χ1v) is 5.89. The molecule has 16 heavy (non-hydrogen) atoms. The largest absolute Gasteiger partial charge is 0.324 e. The van der Waals surface area contributed by atoms with Crippen LogP contribution in [0.15, 0.2) is 18.2 Å². The van der Waals surface area contributed by atoms with Crippen LogP contribution in [0.25, 0.3) is 0 Å². The lowest BCUT2D eigenvalue weighted by molar-refractivity contribution is 0.205. The molecule has 0 aromatic heterocycles. The van der Waals surface area contributed by atoms with E-state index in [1.54, 1.807) is 6.07 Å². The molecule has 4 heteroatoms. The van der Waals surface area contributed by atoms with Crippen LogP contribution in [0.1, 0.15) is 25.5 Å². The zero-order valence-electron chi connectivity index (χ0n) is 10.1. The molecule has 1 aromatic rings. The summed E-state index contributed by atoms with van der Waals surface area (Å²) in [6.07, 6.45) is 0. The number of nitrogens with zero attached hydrogens (tertiary/aromatic N) is 1. The Bertz CT molecular complexity index is 370. The molecule has 0 heterocycles. The number of rotatable bonds is 3. The van der Waals surface area contributed by atoms with Crippen molar-refractivity contribution in [1.29, 1.82) is 0 Å². The van der Waals surface area contributed by atoms with Gasteiger partial charge < -0.3 is 10.6 Å². The third-order valence-electron chi connectivity index (χ3n) is 2.48. The summed E-state index contributed by atoms with van der Waals surface area (Å²) in [5.41, 5.74) is 6.82. The molecule has 0 bridgehead atoms. The van der Waals surface area contributed by atoms with E-state index in [0.29, 0.717) is 10.0 Å². The fourth-order valence-corrected chi connectivity index (χ4v) is 2.58. The average molecular weight is 261 g/mol. The summed E-state index contributed by atoms with van der Waals surface area (Å²) >= 11 is 12.1.